The van der Waals surface area contributed by atoms with Crippen LogP contribution in [0.3, 0.4) is 0 Å². The molecule has 0 unspecified atom stereocenters. The van der Waals surface area contributed by atoms with Crippen molar-refractivity contribution in [3.8, 4) is 23.0 Å². The van der Waals surface area contributed by atoms with Gasteiger partial charge >= 0.3 is 0 Å². The first kappa shape index (κ1) is 22.5. The number of methoxy groups -OCH3 is 2. The molecule has 2 aliphatic rings. The number of ether oxygens (including phenoxy) is 4. The molecule has 0 bridgehead atoms. The molecule has 0 radical (unpaired) electrons. The van der Waals surface area contributed by atoms with Gasteiger partial charge in [0.1, 0.15) is 30.8 Å². The van der Waals surface area contributed by atoms with E-state index in [4.69, 9.17) is 30.5 Å². The molecule has 1 N–H and O–H groups in total. The van der Waals surface area contributed by atoms with E-state index in [1.54, 1.807) is 12.1 Å². The molecule has 172 valence electrons. The molecule has 2 aliphatic heterocycles. The van der Waals surface area contributed by atoms with Crippen molar-refractivity contribution >= 4 is 33.2 Å². The first-order valence-corrected chi connectivity index (χ1v) is 11.8. The third-order valence-electron chi connectivity index (χ3n) is 5.36. The lowest BCUT2D eigenvalue weighted by atomic mass is 10.2. The van der Waals surface area contributed by atoms with E-state index >= 15 is 0 Å². The van der Waals surface area contributed by atoms with E-state index in [-0.39, 0.29) is 16.5 Å². The second-order valence-electron chi connectivity index (χ2n) is 7.26. The van der Waals surface area contributed by atoms with Gasteiger partial charge in [-0.3, -0.25) is 4.79 Å². The maximum atomic E-state index is 13.3. The lowest BCUT2D eigenvalue weighted by molar-refractivity contribution is -0.119. The van der Waals surface area contributed by atoms with Crippen LogP contribution in [0.25, 0.3) is 0 Å². The van der Waals surface area contributed by atoms with Crippen LogP contribution in [0.2, 0.25) is 5.02 Å². The van der Waals surface area contributed by atoms with Gasteiger partial charge in [-0.25, -0.2) is 8.42 Å². The lowest BCUT2D eigenvalue weighted by Gasteiger charge is -2.25. The van der Waals surface area contributed by atoms with Crippen LogP contribution >= 0.6 is 11.6 Å². The van der Waals surface area contributed by atoms with Gasteiger partial charge in [0.15, 0.2) is 11.5 Å². The third kappa shape index (κ3) is 4.17. The summed E-state index contributed by atoms with van der Waals surface area (Å²) < 4.78 is 49.3. The summed E-state index contributed by atoms with van der Waals surface area (Å²) in [7, 11) is -1.01. The summed E-state index contributed by atoms with van der Waals surface area (Å²) in [6.45, 7) is 0.985. The van der Waals surface area contributed by atoms with Crippen LogP contribution < -0.4 is 24.3 Å². The number of hydrogen-bond donors (Lipinski definition) is 1. The van der Waals surface area contributed by atoms with Crippen LogP contribution in [0.15, 0.2) is 35.2 Å². The highest BCUT2D eigenvalue weighted by Crippen LogP contribution is 2.37. The molecular formula is C21H23ClN2O7S. The van der Waals surface area contributed by atoms with E-state index in [2.05, 4.69) is 5.32 Å². The van der Waals surface area contributed by atoms with Crippen molar-refractivity contribution in [2.75, 3.05) is 39.3 Å². The average molecular weight is 483 g/mol. The zero-order chi connectivity index (χ0) is 22.9. The Morgan fingerprint density at radius 2 is 1.81 bits per heavy atom. The number of amides is 1. The van der Waals surface area contributed by atoms with E-state index in [1.165, 1.54) is 36.7 Å². The number of hydrogen-bond acceptors (Lipinski definition) is 7. The van der Waals surface area contributed by atoms with Crippen molar-refractivity contribution in [3.05, 3.63) is 35.4 Å². The van der Waals surface area contributed by atoms with Gasteiger partial charge in [0.2, 0.25) is 15.9 Å². The van der Waals surface area contributed by atoms with Crippen LogP contribution in [0.4, 0.5) is 5.69 Å². The summed E-state index contributed by atoms with van der Waals surface area (Å²) in [6.07, 6.45) is 0.949. The molecule has 1 atom stereocenters. The monoisotopic (exact) mass is 482 g/mol. The molecule has 2 heterocycles. The van der Waals surface area contributed by atoms with Crippen molar-refractivity contribution in [3.63, 3.8) is 0 Å². The molecule has 0 saturated carbocycles. The first-order valence-electron chi connectivity index (χ1n) is 9.99. The van der Waals surface area contributed by atoms with Gasteiger partial charge in [-0.15, -0.1) is 0 Å². The standard InChI is InChI=1S/C21H23ClN2O7S/c1-28-18-12-19(29-2)15(11-14(18)22)23-21(25)16-4-3-7-24(16)32(26,27)13-5-6-17-20(10-13)31-9-8-30-17/h5-6,10-12,16H,3-4,7-9H2,1-2H3,(H,23,25)/t16-/m0/s1. The number of nitrogens with one attached hydrogen (secondary N) is 1. The molecular weight excluding hydrogens is 460 g/mol. The second-order valence-corrected chi connectivity index (χ2v) is 9.55. The normalized spacial score (nSPS) is 18.3. The van der Waals surface area contributed by atoms with E-state index in [0.29, 0.717) is 54.7 Å². The number of sulfonamides is 1. The second kappa shape index (κ2) is 9.05. The number of halogens is 1. The molecule has 4 rings (SSSR count). The molecule has 1 amide bonds. The fraction of sp³-hybridized carbons (Fsp3) is 0.381. The maximum absolute atomic E-state index is 13.3. The molecule has 1 saturated heterocycles. The fourth-order valence-electron chi connectivity index (χ4n) is 3.78. The number of fused-ring (bicyclic) bond motifs is 1. The average Bonchev–Trinajstić information content (AvgIpc) is 3.30. The predicted octanol–water partition coefficient (Wildman–Crippen LogP) is 2.92. The van der Waals surface area contributed by atoms with Gasteiger partial charge in [-0.1, -0.05) is 11.6 Å². The Hall–Kier alpha value is -2.69. The Morgan fingerprint density at radius 1 is 1.09 bits per heavy atom. The summed E-state index contributed by atoms with van der Waals surface area (Å²) in [5, 5.41) is 3.03. The maximum Gasteiger partial charge on any atom is 0.243 e. The van der Waals surface area contributed by atoms with Crippen molar-refractivity contribution < 1.29 is 32.2 Å². The van der Waals surface area contributed by atoms with Crippen molar-refractivity contribution in [2.24, 2.45) is 0 Å². The van der Waals surface area contributed by atoms with E-state index < -0.39 is 22.0 Å². The van der Waals surface area contributed by atoms with E-state index in [0.717, 1.165) is 0 Å². The Bertz CT molecular complexity index is 1140. The quantitative estimate of drug-likeness (QED) is 0.675. The number of anilines is 1. The van der Waals surface area contributed by atoms with Crippen LogP contribution in [0, 0.1) is 0 Å². The Balaban J connectivity index is 1.58. The Kier molecular flexibility index (Phi) is 6.36. The number of rotatable bonds is 6. The highest BCUT2D eigenvalue weighted by atomic mass is 35.5. The summed E-state index contributed by atoms with van der Waals surface area (Å²) in [6, 6.07) is 6.64. The van der Waals surface area contributed by atoms with Crippen LogP contribution in [0.1, 0.15) is 12.8 Å². The van der Waals surface area contributed by atoms with Crippen LogP contribution in [0.5, 0.6) is 23.0 Å². The van der Waals surface area contributed by atoms with Gasteiger partial charge in [0, 0.05) is 18.7 Å². The molecule has 0 aromatic heterocycles. The van der Waals surface area contributed by atoms with Crippen LogP contribution in [-0.4, -0.2) is 58.7 Å². The van der Waals surface area contributed by atoms with Crippen molar-refractivity contribution in [1.29, 1.82) is 0 Å². The van der Waals surface area contributed by atoms with Gasteiger partial charge < -0.3 is 24.3 Å². The van der Waals surface area contributed by atoms with Crippen molar-refractivity contribution in [2.45, 2.75) is 23.8 Å². The summed E-state index contributed by atoms with van der Waals surface area (Å²) in [5.41, 5.74) is 0.326. The molecule has 2 aromatic carbocycles. The third-order valence-corrected chi connectivity index (χ3v) is 7.56. The summed E-state index contributed by atoms with van der Waals surface area (Å²) in [4.78, 5) is 13.1. The minimum absolute atomic E-state index is 0.0477. The van der Waals surface area contributed by atoms with Gasteiger partial charge in [0.25, 0.3) is 0 Å². The molecule has 9 nitrogen and oxygen atoms in total. The molecule has 0 spiro atoms. The molecule has 11 heteroatoms. The minimum Gasteiger partial charge on any atom is -0.495 e. The van der Waals surface area contributed by atoms with Gasteiger partial charge in [-0.2, -0.15) is 4.31 Å². The number of carbonyl (C=O) groups is 1. The topological polar surface area (TPSA) is 103 Å². The van der Waals surface area contributed by atoms with E-state index in [9.17, 15) is 13.2 Å². The van der Waals surface area contributed by atoms with Crippen LogP contribution in [-0.2, 0) is 14.8 Å². The summed E-state index contributed by atoms with van der Waals surface area (Å²) in [5.74, 6) is 1.14. The van der Waals surface area contributed by atoms with E-state index in [1.807, 2.05) is 0 Å². The lowest BCUT2D eigenvalue weighted by Crippen LogP contribution is -2.43. The number of nitrogens with zero attached hydrogens (tertiary/aromatic N) is 1. The molecule has 1 fully saturated rings. The zero-order valence-electron chi connectivity index (χ0n) is 17.6. The fourth-order valence-corrected chi connectivity index (χ4v) is 5.70. The molecule has 2 aromatic rings. The highest BCUT2D eigenvalue weighted by molar-refractivity contribution is 7.89. The minimum atomic E-state index is -3.93. The van der Waals surface area contributed by atoms with Gasteiger partial charge in [0.05, 0.1) is 29.8 Å². The van der Waals surface area contributed by atoms with Crippen molar-refractivity contribution in [1.82, 2.24) is 4.31 Å². The Morgan fingerprint density at radius 3 is 2.53 bits per heavy atom. The zero-order valence-corrected chi connectivity index (χ0v) is 19.2. The highest BCUT2D eigenvalue weighted by Gasteiger charge is 2.40. The summed E-state index contributed by atoms with van der Waals surface area (Å²) >= 11 is 6.18. The number of carbonyl (C=O) groups excluding carboxylic acids is 1. The Labute approximate surface area is 191 Å². The smallest absolute Gasteiger partial charge is 0.243 e. The predicted molar refractivity (Wildman–Crippen MR) is 118 cm³/mol. The molecule has 32 heavy (non-hydrogen) atoms. The first-order chi connectivity index (χ1) is 15.3. The number of benzene rings is 2. The van der Waals surface area contributed by atoms with Gasteiger partial charge in [-0.05, 0) is 31.0 Å². The SMILES string of the molecule is COc1cc(OC)c(NC(=O)[C@@H]2CCCN2S(=O)(=O)c2ccc3c(c2)OCCO3)cc1Cl. The largest absolute Gasteiger partial charge is 0.495 e. The molecule has 0 aliphatic carbocycles.